The quantitative estimate of drug-likeness (QED) is 0.254. The highest BCUT2D eigenvalue weighted by atomic mass is 32.2. The maximum atomic E-state index is 12.7. The van der Waals surface area contributed by atoms with E-state index in [1.807, 2.05) is 0 Å². The summed E-state index contributed by atoms with van der Waals surface area (Å²) in [6.45, 7) is 11.8. The number of nitrogens with zero attached hydrogens (tertiary/aromatic N) is 1. The van der Waals surface area contributed by atoms with E-state index < -0.39 is 14.6 Å². The molecule has 7 nitrogen and oxygen atoms in total. The normalized spacial score (nSPS) is 15.1. The van der Waals surface area contributed by atoms with E-state index in [4.69, 9.17) is 22.3 Å². The van der Waals surface area contributed by atoms with E-state index in [0.717, 1.165) is 0 Å². The largest absolute Gasteiger partial charge is 0.402 e. The molecule has 0 aliphatic carbocycles. The van der Waals surface area contributed by atoms with Gasteiger partial charge in [0.15, 0.2) is 9.84 Å². The maximum absolute atomic E-state index is 12.7. The van der Waals surface area contributed by atoms with E-state index in [1.165, 1.54) is 26.0 Å². The molecule has 0 atom stereocenters. The topological polar surface area (TPSA) is 145 Å². The third-order valence-electron chi connectivity index (χ3n) is 3.57. The summed E-state index contributed by atoms with van der Waals surface area (Å²) >= 11 is 0. The maximum Gasteiger partial charge on any atom is 0.161 e. The van der Waals surface area contributed by atoms with Crippen LogP contribution in [0.15, 0.2) is 65.1 Å². The molecular weight excluding hydrogens is 352 g/mol. The zero-order valence-electron chi connectivity index (χ0n) is 15.7. The molecule has 0 spiro atoms. The highest BCUT2D eigenvalue weighted by Gasteiger charge is 2.38. The minimum absolute atomic E-state index is 0.0652. The van der Waals surface area contributed by atoms with Crippen molar-refractivity contribution >= 4 is 15.7 Å². The van der Waals surface area contributed by atoms with Crippen LogP contribution in [0.5, 0.6) is 0 Å². The van der Waals surface area contributed by atoms with Crippen LogP contribution in [-0.4, -0.2) is 36.5 Å². The summed E-state index contributed by atoms with van der Waals surface area (Å²) in [4.78, 5) is 4.28. The molecule has 0 fully saturated rings. The first-order valence-electron chi connectivity index (χ1n) is 7.99. The summed E-state index contributed by atoms with van der Waals surface area (Å²) in [6.07, 6.45) is 6.24. The average Bonchev–Trinajstić information content (AvgIpc) is 2.51. The van der Waals surface area contributed by atoms with Crippen LogP contribution in [0.2, 0.25) is 0 Å². The lowest BCUT2D eigenvalue weighted by Crippen LogP contribution is -2.37. The number of nitrogens with two attached hydrogens (primary N) is 3. The van der Waals surface area contributed by atoms with Gasteiger partial charge in [-0.2, -0.15) is 0 Å². The molecule has 0 aromatic heterocycles. The van der Waals surface area contributed by atoms with Gasteiger partial charge in [0.1, 0.15) is 10.6 Å². The van der Waals surface area contributed by atoms with Gasteiger partial charge in [0.25, 0.3) is 0 Å². The van der Waals surface area contributed by atoms with Crippen LogP contribution < -0.4 is 17.2 Å². The van der Waals surface area contributed by atoms with Crippen LogP contribution in [0.25, 0.3) is 0 Å². The number of aliphatic hydroxyl groups excluding tert-OH is 1. The highest BCUT2D eigenvalue weighted by molar-refractivity contribution is 7.92. The fourth-order valence-corrected chi connectivity index (χ4v) is 3.30. The smallest absolute Gasteiger partial charge is 0.161 e. The summed E-state index contributed by atoms with van der Waals surface area (Å²) in [6, 6.07) is 0. The van der Waals surface area contributed by atoms with Crippen molar-refractivity contribution in [2.75, 3.05) is 12.4 Å². The summed E-state index contributed by atoms with van der Waals surface area (Å²) in [7, 11) is -3.64. The molecule has 0 aromatic rings. The Labute approximate surface area is 156 Å². The molecule has 0 saturated carbocycles. The lowest BCUT2D eigenvalue weighted by molar-refractivity contribution is 0.295. The molecule has 0 heterocycles. The Morgan fingerprint density at radius 3 is 2.23 bits per heavy atom. The number of sulfone groups is 1. The molecule has 0 aliphatic heterocycles. The van der Waals surface area contributed by atoms with Crippen LogP contribution in [0, 0.1) is 0 Å². The van der Waals surface area contributed by atoms with Crippen molar-refractivity contribution in [3.63, 3.8) is 0 Å². The number of hydrogen-bond donors (Lipinski definition) is 4. The molecule has 8 heteroatoms. The molecule has 0 unspecified atom stereocenters. The van der Waals surface area contributed by atoms with E-state index in [-0.39, 0.29) is 36.0 Å². The predicted octanol–water partition coefficient (Wildman–Crippen LogP) is 1.25. The van der Waals surface area contributed by atoms with E-state index >= 15 is 0 Å². The van der Waals surface area contributed by atoms with Crippen molar-refractivity contribution in [3.8, 4) is 0 Å². The summed E-state index contributed by atoms with van der Waals surface area (Å²) < 4.78 is 24.0. The van der Waals surface area contributed by atoms with Crippen LogP contribution in [0.3, 0.4) is 0 Å². The van der Waals surface area contributed by atoms with Crippen LogP contribution in [-0.2, 0) is 9.84 Å². The van der Waals surface area contributed by atoms with Gasteiger partial charge in [0.2, 0.25) is 0 Å². The van der Waals surface area contributed by atoms with E-state index in [0.29, 0.717) is 11.3 Å². The molecule has 146 valence electrons. The first-order chi connectivity index (χ1) is 11.9. The predicted molar refractivity (Wildman–Crippen MR) is 109 cm³/mol. The number of aliphatic imine (C=N–C) groups is 1. The number of rotatable bonds is 10. The Bertz CT molecular complexity index is 753. The van der Waals surface area contributed by atoms with Crippen molar-refractivity contribution in [3.05, 3.63) is 60.1 Å². The molecule has 26 heavy (non-hydrogen) atoms. The second-order valence-corrected chi connectivity index (χ2v) is 8.90. The molecule has 0 saturated heterocycles. The third kappa shape index (κ3) is 6.89. The summed E-state index contributed by atoms with van der Waals surface area (Å²) in [5.41, 5.74) is 18.6. The number of amidine groups is 1. The molecule has 0 radical (unpaired) electrons. The number of allylic oxidation sites excluding steroid dienone is 4. The molecular formula is C18H30N4O3S. The zero-order chi connectivity index (χ0) is 20.5. The first kappa shape index (κ1) is 23.7. The average molecular weight is 383 g/mol. The monoisotopic (exact) mass is 382 g/mol. The molecule has 0 rings (SSSR count). The van der Waals surface area contributed by atoms with Gasteiger partial charge in [-0.1, -0.05) is 19.2 Å². The standard InChI is InChI=1S/C18H30N4O3S/c1-6-15(9-8-13(2)19)17(21)22-16(12-14(3)20)18(4,5)26(24,25)11-7-10-23/h6,8-9,12,23H,1,3,7,10-11,19-20H2,2,4-5H3,(H2,21,22)/b13-8+,15-9+,16-12-. The van der Waals surface area contributed by atoms with Crippen LogP contribution in [0.4, 0.5) is 0 Å². The molecule has 0 bridgehead atoms. The molecule has 0 aromatic carbocycles. The van der Waals surface area contributed by atoms with E-state index in [1.54, 1.807) is 19.1 Å². The fourth-order valence-electron chi connectivity index (χ4n) is 1.86. The summed E-state index contributed by atoms with van der Waals surface area (Å²) in [5, 5.41) is 8.94. The van der Waals surface area contributed by atoms with Crippen molar-refractivity contribution in [1.29, 1.82) is 0 Å². The van der Waals surface area contributed by atoms with Gasteiger partial charge < -0.3 is 22.3 Å². The van der Waals surface area contributed by atoms with Crippen molar-refractivity contribution < 1.29 is 13.5 Å². The van der Waals surface area contributed by atoms with Crippen molar-refractivity contribution in [2.24, 2.45) is 22.2 Å². The Kier molecular flexibility index (Phi) is 9.09. The second-order valence-electron chi connectivity index (χ2n) is 6.24. The van der Waals surface area contributed by atoms with E-state index in [9.17, 15) is 8.42 Å². The Balaban J connectivity index is 6.23. The van der Waals surface area contributed by atoms with Gasteiger partial charge in [-0.3, -0.25) is 0 Å². The number of aliphatic hydroxyl groups is 1. The van der Waals surface area contributed by atoms with Gasteiger partial charge in [0, 0.05) is 23.6 Å². The van der Waals surface area contributed by atoms with Gasteiger partial charge in [-0.05, 0) is 45.4 Å². The lowest BCUT2D eigenvalue weighted by atomic mass is 10.1. The molecule has 7 N–H and O–H groups in total. The Morgan fingerprint density at radius 2 is 1.81 bits per heavy atom. The second kappa shape index (κ2) is 9.98. The van der Waals surface area contributed by atoms with Crippen molar-refractivity contribution in [1.82, 2.24) is 0 Å². The van der Waals surface area contributed by atoms with Crippen molar-refractivity contribution in [2.45, 2.75) is 31.9 Å². The van der Waals surface area contributed by atoms with Crippen LogP contribution >= 0.6 is 0 Å². The molecule has 0 aliphatic rings. The van der Waals surface area contributed by atoms with E-state index in [2.05, 4.69) is 18.2 Å². The summed E-state index contributed by atoms with van der Waals surface area (Å²) in [5.74, 6) is -0.130. The first-order valence-corrected chi connectivity index (χ1v) is 9.65. The Morgan fingerprint density at radius 1 is 1.23 bits per heavy atom. The Hall–Kier alpha value is -2.32. The fraction of sp³-hybridized carbons (Fsp3) is 0.389. The minimum atomic E-state index is -3.64. The SMILES string of the molecule is C=CC(=C\C=C(/C)N)/C(N)=N/C(=C\C(=C)N)C(C)(C)S(=O)(=O)CCCO. The van der Waals surface area contributed by atoms with Gasteiger partial charge in [-0.25, -0.2) is 13.4 Å². The van der Waals surface area contributed by atoms with Crippen LogP contribution in [0.1, 0.15) is 27.2 Å². The van der Waals surface area contributed by atoms with Gasteiger partial charge >= 0.3 is 0 Å². The highest BCUT2D eigenvalue weighted by Crippen LogP contribution is 2.29. The third-order valence-corrected chi connectivity index (χ3v) is 6.16. The van der Waals surface area contributed by atoms with Gasteiger partial charge in [-0.15, -0.1) is 0 Å². The lowest BCUT2D eigenvalue weighted by Gasteiger charge is -2.26. The van der Waals surface area contributed by atoms with Gasteiger partial charge in [0.05, 0.1) is 11.4 Å². The molecule has 0 amide bonds. The minimum Gasteiger partial charge on any atom is -0.402 e. The zero-order valence-corrected chi connectivity index (χ0v) is 16.5. The number of hydrogen-bond acceptors (Lipinski definition) is 6.